The summed E-state index contributed by atoms with van der Waals surface area (Å²) in [6.45, 7) is 2.61. The van der Waals surface area contributed by atoms with Crippen molar-refractivity contribution in [1.82, 2.24) is 5.32 Å². The molecule has 3 rings (SSSR count). The molecule has 1 aromatic carbocycles. The summed E-state index contributed by atoms with van der Waals surface area (Å²) in [6.07, 6.45) is 2.52. The van der Waals surface area contributed by atoms with E-state index in [2.05, 4.69) is 10.2 Å². The normalized spacial score (nSPS) is 21.0. The van der Waals surface area contributed by atoms with E-state index < -0.39 is 0 Å². The van der Waals surface area contributed by atoms with Crippen molar-refractivity contribution < 1.29 is 4.39 Å². The largest absolute Gasteiger partial charge is 0.367 e. The highest BCUT2D eigenvalue weighted by Gasteiger charge is 2.31. The molecule has 0 saturated heterocycles. The molecule has 0 unspecified atom stereocenters. The van der Waals surface area contributed by atoms with Crippen molar-refractivity contribution in [1.29, 1.82) is 0 Å². The van der Waals surface area contributed by atoms with Crippen LogP contribution in [0.1, 0.15) is 18.4 Å². The van der Waals surface area contributed by atoms with Gasteiger partial charge in [0.05, 0.1) is 0 Å². The third-order valence-electron chi connectivity index (χ3n) is 3.22. The molecular weight excluding hydrogens is 191 g/mol. The lowest BCUT2D eigenvalue weighted by Crippen LogP contribution is -2.30. The lowest BCUT2D eigenvalue weighted by Gasteiger charge is -2.24. The molecule has 0 bridgehead atoms. The molecule has 15 heavy (non-hydrogen) atoms. The van der Waals surface area contributed by atoms with Crippen LogP contribution in [0.5, 0.6) is 0 Å². The van der Waals surface area contributed by atoms with E-state index in [4.69, 9.17) is 0 Å². The van der Waals surface area contributed by atoms with Gasteiger partial charge in [-0.05, 0) is 25.0 Å². The van der Waals surface area contributed by atoms with E-state index in [1.807, 2.05) is 12.1 Å². The molecule has 0 spiro atoms. The van der Waals surface area contributed by atoms with Crippen LogP contribution in [0.25, 0.3) is 0 Å². The molecule has 1 heterocycles. The van der Waals surface area contributed by atoms with Crippen molar-refractivity contribution in [2.45, 2.75) is 25.4 Å². The number of anilines is 1. The van der Waals surface area contributed by atoms with Gasteiger partial charge in [0.15, 0.2) is 0 Å². The Morgan fingerprint density at radius 3 is 3.00 bits per heavy atom. The quantitative estimate of drug-likeness (QED) is 0.755. The molecular formula is C12H15FN2. The number of halogens is 1. The van der Waals surface area contributed by atoms with Crippen LogP contribution in [0, 0.1) is 5.82 Å². The second-order valence-corrected chi connectivity index (χ2v) is 4.34. The summed E-state index contributed by atoms with van der Waals surface area (Å²) >= 11 is 0. The van der Waals surface area contributed by atoms with Crippen LogP contribution in [0.4, 0.5) is 10.1 Å². The highest BCUT2D eigenvalue weighted by molar-refractivity contribution is 5.56. The van der Waals surface area contributed by atoms with Crippen LogP contribution < -0.4 is 10.2 Å². The van der Waals surface area contributed by atoms with Crippen molar-refractivity contribution in [2.75, 3.05) is 18.0 Å². The number of nitrogens with one attached hydrogen (secondary N) is 1. The summed E-state index contributed by atoms with van der Waals surface area (Å²) in [5.41, 5.74) is 1.93. The van der Waals surface area contributed by atoms with Crippen molar-refractivity contribution in [3.63, 3.8) is 0 Å². The van der Waals surface area contributed by atoms with Gasteiger partial charge in [0.1, 0.15) is 5.82 Å². The van der Waals surface area contributed by atoms with Gasteiger partial charge < -0.3 is 10.2 Å². The summed E-state index contributed by atoms with van der Waals surface area (Å²) in [6, 6.07) is 6.07. The van der Waals surface area contributed by atoms with Crippen LogP contribution in [0.3, 0.4) is 0 Å². The van der Waals surface area contributed by atoms with Crippen LogP contribution in [0.15, 0.2) is 18.2 Å². The maximum Gasteiger partial charge on any atom is 0.129 e. The Labute approximate surface area is 89.1 Å². The maximum atomic E-state index is 13.6. The first-order valence-electron chi connectivity index (χ1n) is 5.61. The number of rotatable bonds is 1. The first-order valence-corrected chi connectivity index (χ1v) is 5.61. The Morgan fingerprint density at radius 2 is 2.20 bits per heavy atom. The van der Waals surface area contributed by atoms with Gasteiger partial charge in [-0.25, -0.2) is 4.39 Å². The van der Waals surface area contributed by atoms with Crippen molar-refractivity contribution in [3.05, 3.63) is 29.6 Å². The fraction of sp³-hybridized carbons (Fsp3) is 0.500. The summed E-state index contributed by atoms with van der Waals surface area (Å²) in [5, 5.41) is 3.28. The Morgan fingerprint density at radius 1 is 1.33 bits per heavy atom. The zero-order valence-electron chi connectivity index (χ0n) is 8.67. The molecule has 0 amide bonds. The van der Waals surface area contributed by atoms with Crippen LogP contribution in [-0.4, -0.2) is 19.1 Å². The third kappa shape index (κ3) is 1.61. The smallest absolute Gasteiger partial charge is 0.129 e. The van der Waals surface area contributed by atoms with Crippen LogP contribution >= 0.6 is 0 Å². The van der Waals surface area contributed by atoms with E-state index in [-0.39, 0.29) is 5.82 Å². The number of hydrogen-bond donors (Lipinski definition) is 1. The van der Waals surface area contributed by atoms with Gasteiger partial charge in [0, 0.05) is 36.9 Å². The number of fused-ring (bicyclic) bond motifs is 1. The second kappa shape index (κ2) is 3.49. The topological polar surface area (TPSA) is 15.3 Å². The number of benzene rings is 1. The van der Waals surface area contributed by atoms with Crippen LogP contribution in [0.2, 0.25) is 0 Å². The highest BCUT2D eigenvalue weighted by Crippen LogP contribution is 2.34. The molecule has 0 radical (unpaired) electrons. The Bertz CT molecular complexity index is 374. The van der Waals surface area contributed by atoms with Crippen molar-refractivity contribution in [3.8, 4) is 0 Å². The predicted octanol–water partition coefficient (Wildman–Crippen LogP) is 1.90. The summed E-state index contributed by atoms with van der Waals surface area (Å²) in [7, 11) is 0. The van der Waals surface area contributed by atoms with Gasteiger partial charge in [-0.2, -0.15) is 0 Å². The summed E-state index contributed by atoms with van der Waals surface area (Å²) in [4.78, 5) is 2.36. The van der Waals surface area contributed by atoms with E-state index in [9.17, 15) is 4.39 Å². The van der Waals surface area contributed by atoms with Gasteiger partial charge >= 0.3 is 0 Å². The van der Waals surface area contributed by atoms with Crippen LogP contribution in [-0.2, 0) is 6.54 Å². The van der Waals surface area contributed by atoms with Gasteiger partial charge in [0.2, 0.25) is 0 Å². The molecule has 1 aliphatic carbocycles. The molecule has 2 nitrogen and oxygen atoms in total. The molecule has 1 saturated carbocycles. The fourth-order valence-corrected chi connectivity index (χ4v) is 2.29. The van der Waals surface area contributed by atoms with E-state index in [1.165, 1.54) is 12.8 Å². The number of hydrogen-bond acceptors (Lipinski definition) is 2. The Kier molecular flexibility index (Phi) is 2.13. The van der Waals surface area contributed by atoms with E-state index in [0.717, 1.165) is 24.3 Å². The molecule has 1 fully saturated rings. The predicted molar refractivity (Wildman–Crippen MR) is 58.5 cm³/mol. The minimum Gasteiger partial charge on any atom is -0.367 e. The highest BCUT2D eigenvalue weighted by atomic mass is 19.1. The monoisotopic (exact) mass is 206 g/mol. The molecule has 0 atom stereocenters. The number of nitrogens with zero attached hydrogens (tertiary/aromatic N) is 1. The second-order valence-electron chi connectivity index (χ2n) is 4.34. The fourth-order valence-electron chi connectivity index (χ4n) is 2.29. The van der Waals surface area contributed by atoms with Gasteiger partial charge in [-0.3, -0.25) is 0 Å². The minimum atomic E-state index is -0.0763. The van der Waals surface area contributed by atoms with Crippen molar-refractivity contribution >= 4 is 5.69 Å². The molecule has 2 aliphatic rings. The lowest BCUT2D eigenvalue weighted by atomic mass is 10.1. The lowest BCUT2D eigenvalue weighted by molar-refractivity contribution is 0.598. The third-order valence-corrected chi connectivity index (χ3v) is 3.22. The van der Waals surface area contributed by atoms with Gasteiger partial charge in [-0.1, -0.05) is 6.07 Å². The minimum absolute atomic E-state index is 0.0763. The maximum absolute atomic E-state index is 13.6. The Balaban J connectivity index is 2.04. The zero-order valence-corrected chi connectivity index (χ0v) is 8.67. The first kappa shape index (κ1) is 9.16. The SMILES string of the molecule is Fc1cccc2c1CNCCN2C1CC1. The van der Waals surface area contributed by atoms with Gasteiger partial charge in [0.25, 0.3) is 0 Å². The van der Waals surface area contributed by atoms with Gasteiger partial charge in [-0.15, -0.1) is 0 Å². The average Bonchev–Trinajstić information content (AvgIpc) is 3.03. The van der Waals surface area contributed by atoms with Crippen molar-refractivity contribution in [2.24, 2.45) is 0 Å². The first-order chi connectivity index (χ1) is 7.36. The standard InChI is InChI=1S/C12H15FN2/c13-11-2-1-3-12-10(11)8-14-6-7-15(12)9-4-5-9/h1-3,9,14H,4-8H2. The average molecular weight is 206 g/mol. The summed E-state index contributed by atoms with van der Waals surface area (Å²) < 4.78 is 13.6. The molecule has 1 N–H and O–H groups in total. The molecule has 1 aliphatic heterocycles. The van der Waals surface area contributed by atoms with E-state index in [1.54, 1.807) is 6.07 Å². The molecule has 1 aromatic rings. The molecule has 0 aromatic heterocycles. The summed E-state index contributed by atoms with van der Waals surface area (Å²) in [5.74, 6) is -0.0763. The van der Waals surface area contributed by atoms with E-state index in [0.29, 0.717) is 12.6 Å². The zero-order chi connectivity index (χ0) is 10.3. The molecule has 3 heteroatoms. The Hall–Kier alpha value is -1.09. The molecule has 80 valence electrons. The van der Waals surface area contributed by atoms with E-state index >= 15 is 0 Å².